The predicted octanol–water partition coefficient (Wildman–Crippen LogP) is 4.70. The molecule has 0 fully saturated rings. The molecule has 0 radical (unpaired) electrons. The Kier molecular flexibility index (Phi) is 5.14. The van der Waals surface area contributed by atoms with Gasteiger partial charge in [-0.25, -0.2) is 0 Å². The molecular weight excluding hydrogens is 304 g/mol. The molecule has 0 amide bonds. The van der Waals surface area contributed by atoms with Gasteiger partial charge in [-0.15, -0.1) is 0 Å². The Bertz CT molecular complexity index is 755. The van der Waals surface area contributed by atoms with Gasteiger partial charge in [0.25, 0.3) is 5.69 Å². The van der Waals surface area contributed by atoms with Gasteiger partial charge in [-0.3, -0.25) is 14.9 Å². The molecule has 0 aromatic heterocycles. The maximum atomic E-state index is 12.1. The number of carbonyl (C=O) groups excluding carboxylic acids is 1. The van der Waals surface area contributed by atoms with Gasteiger partial charge in [0.1, 0.15) is 0 Å². The first kappa shape index (κ1) is 17.4. The number of nitro groups is 1. The van der Waals surface area contributed by atoms with Crippen LogP contribution in [0.1, 0.15) is 36.7 Å². The number of allylic oxidation sites excluding steroid dienone is 1. The zero-order valence-corrected chi connectivity index (χ0v) is 13.9. The summed E-state index contributed by atoms with van der Waals surface area (Å²) in [6, 6.07) is 13.6. The second kappa shape index (κ2) is 7.08. The Morgan fingerprint density at radius 1 is 1.04 bits per heavy atom. The molecule has 1 N–H and O–H groups in total. The van der Waals surface area contributed by atoms with Gasteiger partial charge in [0.2, 0.25) is 0 Å². The molecule has 2 rings (SSSR count). The maximum Gasteiger partial charge on any atom is 0.269 e. The summed E-state index contributed by atoms with van der Waals surface area (Å²) in [5.74, 6) is -0.107. The van der Waals surface area contributed by atoms with Gasteiger partial charge in [-0.2, -0.15) is 0 Å². The second-order valence-electron chi connectivity index (χ2n) is 6.47. The fourth-order valence-electron chi connectivity index (χ4n) is 2.12. The highest BCUT2D eigenvalue weighted by molar-refractivity contribution is 6.04. The summed E-state index contributed by atoms with van der Waals surface area (Å²) in [5, 5.41) is 13.5. The van der Waals surface area contributed by atoms with Gasteiger partial charge in [0, 0.05) is 35.7 Å². The minimum absolute atomic E-state index is 0.0274. The molecule has 0 aliphatic carbocycles. The number of hydrogen-bond acceptors (Lipinski definition) is 4. The zero-order valence-electron chi connectivity index (χ0n) is 13.9. The summed E-state index contributed by atoms with van der Waals surface area (Å²) in [6.45, 7) is 6.37. The summed E-state index contributed by atoms with van der Waals surface area (Å²) in [4.78, 5) is 22.3. The molecule has 2 aromatic carbocycles. The molecule has 5 nitrogen and oxygen atoms in total. The molecule has 124 valence electrons. The number of nitro benzene ring substituents is 1. The first-order valence-corrected chi connectivity index (χ1v) is 7.60. The van der Waals surface area contributed by atoms with E-state index in [-0.39, 0.29) is 16.9 Å². The van der Waals surface area contributed by atoms with Crippen molar-refractivity contribution < 1.29 is 9.72 Å². The van der Waals surface area contributed by atoms with Gasteiger partial charge in [0.05, 0.1) is 4.92 Å². The van der Waals surface area contributed by atoms with Crippen molar-refractivity contribution >= 4 is 17.2 Å². The monoisotopic (exact) mass is 324 g/mol. The summed E-state index contributed by atoms with van der Waals surface area (Å²) in [7, 11) is 0. The van der Waals surface area contributed by atoms with E-state index in [1.807, 2.05) is 24.3 Å². The van der Waals surface area contributed by atoms with Crippen LogP contribution in [0.25, 0.3) is 0 Å². The van der Waals surface area contributed by atoms with Gasteiger partial charge in [0.15, 0.2) is 5.78 Å². The third-order valence-corrected chi connectivity index (χ3v) is 3.60. The maximum absolute atomic E-state index is 12.1. The number of non-ortho nitro benzene ring substituents is 1. The number of nitrogens with zero attached hydrogens (tertiary/aromatic N) is 1. The number of anilines is 1. The predicted molar refractivity (Wildman–Crippen MR) is 95.3 cm³/mol. The summed E-state index contributed by atoms with van der Waals surface area (Å²) >= 11 is 0. The largest absolute Gasteiger partial charge is 0.362 e. The molecule has 0 saturated heterocycles. The SMILES string of the molecule is CC(C)(C)c1ccc(C(=O)/C=C/Nc2ccc([N+](=O)[O-])cc2)cc1. The molecule has 5 heteroatoms. The third-order valence-electron chi connectivity index (χ3n) is 3.60. The summed E-state index contributed by atoms with van der Waals surface area (Å²) < 4.78 is 0. The van der Waals surface area contributed by atoms with Crippen LogP contribution in [-0.4, -0.2) is 10.7 Å². The van der Waals surface area contributed by atoms with E-state index < -0.39 is 4.92 Å². The van der Waals surface area contributed by atoms with Crippen molar-refractivity contribution in [1.29, 1.82) is 0 Å². The molecule has 0 heterocycles. The van der Waals surface area contributed by atoms with Crippen molar-refractivity contribution in [1.82, 2.24) is 0 Å². The van der Waals surface area contributed by atoms with Crippen LogP contribution in [0.15, 0.2) is 60.8 Å². The van der Waals surface area contributed by atoms with Crippen LogP contribution in [0.4, 0.5) is 11.4 Å². The minimum atomic E-state index is -0.454. The van der Waals surface area contributed by atoms with E-state index in [0.29, 0.717) is 11.3 Å². The number of hydrogen-bond donors (Lipinski definition) is 1. The molecule has 0 aliphatic rings. The molecule has 24 heavy (non-hydrogen) atoms. The van der Waals surface area contributed by atoms with Crippen LogP contribution in [-0.2, 0) is 5.41 Å². The zero-order chi connectivity index (χ0) is 17.7. The van der Waals surface area contributed by atoms with Crippen molar-refractivity contribution in [2.45, 2.75) is 26.2 Å². The number of benzene rings is 2. The minimum Gasteiger partial charge on any atom is -0.362 e. The van der Waals surface area contributed by atoms with E-state index in [2.05, 4.69) is 26.1 Å². The number of ketones is 1. The second-order valence-corrected chi connectivity index (χ2v) is 6.47. The van der Waals surface area contributed by atoms with Gasteiger partial charge in [-0.05, 0) is 23.1 Å². The lowest BCUT2D eigenvalue weighted by Crippen LogP contribution is -2.11. The third kappa shape index (κ3) is 4.52. The Hall–Kier alpha value is -2.95. The van der Waals surface area contributed by atoms with Gasteiger partial charge < -0.3 is 5.32 Å². The molecule has 0 saturated carbocycles. The van der Waals surface area contributed by atoms with Gasteiger partial charge in [-0.1, -0.05) is 45.0 Å². The molecule has 0 unspecified atom stereocenters. The van der Waals surface area contributed by atoms with E-state index in [9.17, 15) is 14.9 Å². The Balaban J connectivity index is 1.98. The average molecular weight is 324 g/mol. The lowest BCUT2D eigenvalue weighted by molar-refractivity contribution is -0.384. The molecule has 0 bridgehead atoms. The lowest BCUT2D eigenvalue weighted by atomic mass is 9.86. The Morgan fingerprint density at radius 2 is 1.62 bits per heavy atom. The lowest BCUT2D eigenvalue weighted by Gasteiger charge is -2.18. The van der Waals surface area contributed by atoms with Crippen molar-refractivity contribution in [3.8, 4) is 0 Å². The highest BCUT2D eigenvalue weighted by atomic mass is 16.6. The van der Waals surface area contributed by atoms with E-state index in [4.69, 9.17) is 0 Å². The van der Waals surface area contributed by atoms with Crippen molar-refractivity contribution in [2.75, 3.05) is 5.32 Å². The Morgan fingerprint density at radius 3 is 2.12 bits per heavy atom. The average Bonchev–Trinajstić information content (AvgIpc) is 2.54. The quantitative estimate of drug-likeness (QED) is 0.374. The normalized spacial score (nSPS) is 11.5. The number of rotatable bonds is 5. The molecular formula is C19H20N2O3. The molecule has 0 atom stereocenters. The van der Waals surface area contributed by atoms with Crippen LogP contribution < -0.4 is 5.32 Å². The fourth-order valence-corrected chi connectivity index (χ4v) is 2.12. The van der Waals surface area contributed by atoms with E-state index in [0.717, 1.165) is 0 Å². The van der Waals surface area contributed by atoms with Crippen LogP contribution in [0.2, 0.25) is 0 Å². The Labute approximate surface area is 141 Å². The first-order valence-electron chi connectivity index (χ1n) is 7.60. The van der Waals surface area contributed by atoms with E-state index in [1.165, 1.54) is 30.0 Å². The highest BCUT2D eigenvalue weighted by Gasteiger charge is 2.13. The van der Waals surface area contributed by atoms with E-state index in [1.54, 1.807) is 12.1 Å². The number of nitrogens with one attached hydrogen (secondary N) is 1. The fraction of sp³-hybridized carbons (Fsp3) is 0.211. The first-order chi connectivity index (χ1) is 11.3. The highest BCUT2D eigenvalue weighted by Crippen LogP contribution is 2.22. The summed E-state index contributed by atoms with van der Waals surface area (Å²) in [5.41, 5.74) is 2.54. The van der Waals surface area contributed by atoms with Crippen molar-refractivity contribution in [3.63, 3.8) is 0 Å². The van der Waals surface area contributed by atoms with Crippen LogP contribution in [0.5, 0.6) is 0 Å². The van der Waals surface area contributed by atoms with Crippen molar-refractivity contribution in [2.24, 2.45) is 0 Å². The summed E-state index contributed by atoms with van der Waals surface area (Å²) in [6.07, 6.45) is 2.97. The van der Waals surface area contributed by atoms with Crippen LogP contribution >= 0.6 is 0 Å². The molecule has 0 spiro atoms. The van der Waals surface area contributed by atoms with Crippen LogP contribution in [0, 0.1) is 10.1 Å². The smallest absolute Gasteiger partial charge is 0.269 e. The molecule has 2 aromatic rings. The topological polar surface area (TPSA) is 72.2 Å². The van der Waals surface area contributed by atoms with Gasteiger partial charge >= 0.3 is 0 Å². The standard InChI is InChI=1S/C19H20N2O3/c1-19(2,3)15-6-4-14(5-7-15)18(22)12-13-20-16-8-10-17(11-9-16)21(23)24/h4-13,20H,1-3H3/b13-12+. The van der Waals surface area contributed by atoms with Crippen LogP contribution in [0.3, 0.4) is 0 Å². The number of carbonyl (C=O) groups is 1. The van der Waals surface area contributed by atoms with E-state index >= 15 is 0 Å². The molecule has 0 aliphatic heterocycles. The van der Waals surface area contributed by atoms with Crippen molar-refractivity contribution in [3.05, 3.63) is 82.0 Å².